The second kappa shape index (κ2) is 8.23. The smallest absolute Gasteiger partial charge is 0.410 e. The molecule has 20 heavy (non-hydrogen) atoms. The summed E-state index contributed by atoms with van der Waals surface area (Å²) in [5, 5.41) is 0. The summed E-state index contributed by atoms with van der Waals surface area (Å²) in [5.41, 5.74) is 7.51. The van der Waals surface area contributed by atoms with Crippen LogP contribution >= 0.6 is 0 Å². The number of nitrogens with two attached hydrogens (primary N) is 1. The normalized spacial score (nSPS) is 11.7. The predicted molar refractivity (Wildman–Crippen MR) is 80.7 cm³/mol. The lowest BCUT2D eigenvalue weighted by molar-refractivity contribution is 0.165. The Morgan fingerprint density at radius 1 is 1.45 bits per heavy atom. The van der Waals surface area contributed by atoms with Gasteiger partial charge in [-0.3, -0.25) is 0 Å². The van der Waals surface area contributed by atoms with Crippen molar-refractivity contribution in [2.45, 2.75) is 26.2 Å². The van der Waals surface area contributed by atoms with Crippen LogP contribution in [0, 0.1) is 12.3 Å². The van der Waals surface area contributed by atoms with Gasteiger partial charge >= 0.3 is 6.09 Å². The zero-order valence-electron chi connectivity index (χ0n) is 12.2. The highest BCUT2D eigenvalue weighted by molar-refractivity contribution is 5.70. The van der Waals surface area contributed by atoms with Gasteiger partial charge in [0, 0.05) is 13.6 Å². The number of carbonyl (C=O) groups is 1. The number of hydrogen-bond donors (Lipinski definition) is 1. The van der Waals surface area contributed by atoms with Gasteiger partial charge in [-0.2, -0.15) is 0 Å². The maximum Gasteiger partial charge on any atom is 0.414 e. The Balaban J connectivity index is 0.000000444. The van der Waals surface area contributed by atoms with E-state index in [0.717, 1.165) is 12.8 Å². The lowest BCUT2D eigenvalue weighted by Crippen LogP contribution is -2.29. The van der Waals surface area contributed by atoms with Crippen LogP contribution in [-0.4, -0.2) is 31.1 Å². The fourth-order valence-corrected chi connectivity index (χ4v) is 1.92. The zero-order chi connectivity index (χ0) is 15.0. The van der Waals surface area contributed by atoms with Gasteiger partial charge in [0.05, 0.1) is 6.54 Å². The number of terminal acetylenes is 1. The van der Waals surface area contributed by atoms with E-state index in [1.165, 1.54) is 17.5 Å². The predicted octanol–water partition coefficient (Wildman–Crippen LogP) is 2.20. The molecule has 0 atom stereocenters. The number of benzene rings is 1. The van der Waals surface area contributed by atoms with E-state index >= 15 is 0 Å². The lowest BCUT2D eigenvalue weighted by Gasteiger charge is -2.14. The number of amides is 1. The molecule has 1 aromatic rings. The van der Waals surface area contributed by atoms with Crippen LogP contribution in [0.2, 0.25) is 0 Å². The first-order valence-corrected chi connectivity index (χ1v) is 6.80. The quantitative estimate of drug-likeness (QED) is 0.841. The average molecular weight is 274 g/mol. The number of ether oxygens (including phenoxy) is 1. The number of hydrogen-bond acceptors (Lipinski definition) is 3. The minimum absolute atomic E-state index is 0.291. The molecule has 1 aliphatic carbocycles. The van der Waals surface area contributed by atoms with E-state index in [4.69, 9.17) is 10.5 Å². The van der Waals surface area contributed by atoms with Gasteiger partial charge in [-0.25, -0.2) is 4.79 Å². The van der Waals surface area contributed by atoms with Crippen LogP contribution in [0.4, 0.5) is 4.79 Å². The van der Waals surface area contributed by atoms with Gasteiger partial charge in [0.1, 0.15) is 5.75 Å². The van der Waals surface area contributed by atoms with Crippen molar-refractivity contribution in [2.75, 3.05) is 20.1 Å². The van der Waals surface area contributed by atoms with E-state index in [0.29, 0.717) is 18.8 Å². The summed E-state index contributed by atoms with van der Waals surface area (Å²) in [6, 6.07) is 5.94. The van der Waals surface area contributed by atoms with Crippen molar-refractivity contribution in [3.63, 3.8) is 0 Å². The largest absolute Gasteiger partial charge is 0.414 e. The van der Waals surface area contributed by atoms with E-state index < -0.39 is 0 Å². The Kier molecular flexibility index (Phi) is 6.61. The molecule has 1 aliphatic rings. The molecule has 0 aromatic heterocycles. The van der Waals surface area contributed by atoms with Crippen molar-refractivity contribution in [3.8, 4) is 18.1 Å². The fourth-order valence-electron chi connectivity index (χ4n) is 1.92. The fraction of sp³-hybridized carbons (Fsp3) is 0.438. The molecule has 0 heterocycles. The number of nitrogens with zero attached hydrogens (tertiary/aromatic N) is 1. The Labute approximate surface area is 120 Å². The molecule has 0 fully saturated rings. The maximum atomic E-state index is 11.5. The van der Waals surface area contributed by atoms with Crippen LogP contribution in [0.3, 0.4) is 0 Å². The highest BCUT2D eigenvalue weighted by atomic mass is 16.6. The molecular weight excluding hydrogens is 252 g/mol. The molecule has 0 saturated carbocycles. The Morgan fingerprint density at radius 2 is 2.10 bits per heavy atom. The average Bonchev–Trinajstić information content (AvgIpc) is 2.94. The number of fused-ring (bicyclic) bond motifs is 1. The first-order chi connectivity index (χ1) is 9.62. The molecule has 2 N–H and O–H groups in total. The summed E-state index contributed by atoms with van der Waals surface area (Å²) in [7, 11) is 1.73. The molecule has 0 radical (unpaired) electrons. The summed E-state index contributed by atoms with van der Waals surface area (Å²) >= 11 is 0. The SMILES string of the molecule is C#CCN.CCN(C)C(=O)Oc1ccc2c(c1)CCC2. The molecule has 0 aliphatic heterocycles. The third-order valence-electron chi connectivity index (χ3n) is 3.18. The van der Waals surface area contributed by atoms with Crippen LogP contribution in [0.15, 0.2) is 18.2 Å². The first kappa shape index (κ1) is 16.1. The van der Waals surface area contributed by atoms with E-state index in [2.05, 4.69) is 18.4 Å². The Hall–Kier alpha value is -1.99. The van der Waals surface area contributed by atoms with E-state index in [-0.39, 0.29) is 6.09 Å². The maximum absolute atomic E-state index is 11.5. The summed E-state index contributed by atoms with van der Waals surface area (Å²) < 4.78 is 5.28. The summed E-state index contributed by atoms with van der Waals surface area (Å²) in [4.78, 5) is 13.1. The second-order valence-electron chi connectivity index (χ2n) is 4.57. The van der Waals surface area contributed by atoms with Crippen molar-refractivity contribution < 1.29 is 9.53 Å². The molecule has 0 bridgehead atoms. The van der Waals surface area contributed by atoms with Crippen LogP contribution < -0.4 is 10.5 Å². The second-order valence-corrected chi connectivity index (χ2v) is 4.57. The monoisotopic (exact) mass is 274 g/mol. The summed E-state index contributed by atoms with van der Waals surface area (Å²) in [6.07, 6.45) is 7.82. The molecule has 4 heteroatoms. The Morgan fingerprint density at radius 3 is 2.70 bits per heavy atom. The van der Waals surface area contributed by atoms with Crippen molar-refractivity contribution in [2.24, 2.45) is 5.73 Å². The summed E-state index contributed by atoms with van der Waals surface area (Å²) in [5.74, 6) is 2.87. The van der Waals surface area contributed by atoms with Crippen LogP contribution in [0.5, 0.6) is 5.75 Å². The standard InChI is InChI=1S/C13H17NO2.C3H5N/c1-3-14(2)13(15)16-12-8-7-10-5-4-6-11(10)9-12;1-2-3-4/h7-9H,3-6H2,1-2H3;1H,3-4H2. The van der Waals surface area contributed by atoms with Crippen molar-refractivity contribution in [1.82, 2.24) is 4.90 Å². The van der Waals surface area contributed by atoms with Gasteiger partial charge in [0.2, 0.25) is 0 Å². The van der Waals surface area contributed by atoms with E-state index in [1.807, 2.05) is 19.1 Å². The summed E-state index contributed by atoms with van der Waals surface area (Å²) in [6.45, 7) is 2.92. The minimum Gasteiger partial charge on any atom is -0.410 e. The van der Waals surface area contributed by atoms with Gasteiger partial charge in [-0.1, -0.05) is 12.0 Å². The van der Waals surface area contributed by atoms with Crippen LogP contribution in [-0.2, 0) is 12.8 Å². The Bertz CT molecular complexity index is 492. The number of aryl methyl sites for hydroxylation is 2. The topological polar surface area (TPSA) is 55.6 Å². The number of carbonyl (C=O) groups excluding carboxylic acids is 1. The van der Waals surface area contributed by atoms with Gasteiger partial charge in [0.15, 0.2) is 0 Å². The van der Waals surface area contributed by atoms with Crippen LogP contribution in [0.25, 0.3) is 0 Å². The third-order valence-corrected chi connectivity index (χ3v) is 3.18. The van der Waals surface area contributed by atoms with Crippen LogP contribution in [0.1, 0.15) is 24.5 Å². The molecular formula is C16H22N2O2. The molecule has 1 amide bonds. The third kappa shape index (κ3) is 4.60. The molecule has 1 aromatic carbocycles. The van der Waals surface area contributed by atoms with Gasteiger partial charge in [0.25, 0.3) is 0 Å². The van der Waals surface area contributed by atoms with E-state index in [1.54, 1.807) is 11.9 Å². The molecule has 0 spiro atoms. The number of rotatable bonds is 2. The van der Waals surface area contributed by atoms with Gasteiger partial charge in [-0.05, 0) is 49.4 Å². The molecule has 4 nitrogen and oxygen atoms in total. The van der Waals surface area contributed by atoms with Gasteiger partial charge < -0.3 is 15.4 Å². The lowest BCUT2D eigenvalue weighted by atomic mass is 10.1. The van der Waals surface area contributed by atoms with E-state index in [9.17, 15) is 4.79 Å². The van der Waals surface area contributed by atoms with Crippen molar-refractivity contribution in [3.05, 3.63) is 29.3 Å². The molecule has 2 rings (SSSR count). The highest BCUT2D eigenvalue weighted by Gasteiger charge is 2.14. The van der Waals surface area contributed by atoms with Gasteiger partial charge in [-0.15, -0.1) is 6.42 Å². The molecule has 0 saturated heterocycles. The molecule has 108 valence electrons. The minimum atomic E-state index is -0.291. The highest BCUT2D eigenvalue weighted by Crippen LogP contribution is 2.26. The van der Waals surface area contributed by atoms with Crippen molar-refractivity contribution >= 4 is 6.09 Å². The first-order valence-electron chi connectivity index (χ1n) is 6.80. The molecule has 0 unspecified atom stereocenters. The zero-order valence-corrected chi connectivity index (χ0v) is 12.2. The van der Waals surface area contributed by atoms with Crippen molar-refractivity contribution in [1.29, 1.82) is 0 Å².